The smallest absolute Gasteiger partial charge is 0.366 e. The molecule has 0 radical (unpaired) electrons. The average molecular weight is 268 g/mol. The Bertz CT molecular complexity index is 580. The fourth-order valence-electron chi connectivity index (χ4n) is 1.46. The number of rotatable bonds is 4. The summed E-state index contributed by atoms with van der Waals surface area (Å²) in [6.45, 7) is -0.168. The first-order chi connectivity index (χ1) is 9.11. The van der Waals surface area contributed by atoms with Gasteiger partial charge in [-0.15, -0.1) is 5.10 Å². The highest BCUT2D eigenvalue weighted by Gasteiger charge is 2.14. The van der Waals surface area contributed by atoms with Crippen LogP contribution in [-0.4, -0.2) is 28.0 Å². The lowest BCUT2D eigenvalue weighted by atomic mass is 10.2. The van der Waals surface area contributed by atoms with Crippen molar-refractivity contribution in [1.29, 1.82) is 0 Å². The van der Waals surface area contributed by atoms with Gasteiger partial charge in [-0.05, 0) is 12.1 Å². The van der Waals surface area contributed by atoms with E-state index in [0.717, 1.165) is 16.8 Å². The molecule has 1 aromatic carbocycles. The molecule has 2 rings (SSSR count). The van der Waals surface area contributed by atoms with Crippen LogP contribution in [-0.2, 0) is 11.4 Å². The molecule has 0 saturated carbocycles. The molecule has 0 bridgehead atoms. The van der Waals surface area contributed by atoms with Gasteiger partial charge in [-0.3, -0.25) is 0 Å². The van der Waals surface area contributed by atoms with Crippen molar-refractivity contribution in [2.75, 3.05) is 7.05 Å². The molecular weight excluding hydrogens is 258 g/mol. The zero-order valence-corrected chi connectivity index (χ0v) is 9.93. The molecule has 0 amide bonds. The summed E-state index contributed by atoms with van der Waals surface area (Å²) in [7, 11) is 1.41. The van der Waals surface area contributed by atoms with Crippen LogP contribution in [0.25, 0.3) is 0 Å². The van der Waals surface area contributed by atoms with E-state index in [1.165, 1.54) is 19.3 Å². The van der Waals surface area contributed by atoms with E-state index in [-0.39, 0.29) is 17.8 Å². The molecule has 0 saturated heterocycles. The van der Waals surface area contributed by atoms with E-state index in [2.05, 4.69) is 20.6 Å². The SMILES string of the molecule is CNOC(=O)c1cn(Cc2c(F)cccc2F)nn1. The Balaban J connectivity index is 2.18. The number of hydrogen-bond acceptors (Lipinski definition) is 5. The molecular formula is C11H10F2N4O2. The fourth-order valence-corrected chi connectivity index (χ4v) is 1.46. The summed E-state index contributed by atoms with van der Waals surface area (Å²) < 4.78 is 28.0. The van der Waals surface area contributed by atoms with Crippen molar-refractivity contribution in [2.45, 2.75) is 6.54 Å². The van der Waals surface area contributed by atoms with Crippen molar-refractivity contribution in [3.63, 3.8) is 0 Å². The van der Waals surface area contributed by atoms with Crippen molar-refractivity contribution in [3.8, 4) is 0 Å². The van der Waals surface area contributed by atoms with Crippen LogP contribution in [0, 0.1) is 11.6 Å². The maximum absolute atomic E-state index is 13.4. The van der Waals surface area contributed by atoms with E-state index in [1.807, 2.05) is 0 Å². The van der Waals surface area contributed by atoms with Gasteiger partial charge in [0.2, 0.25) is 0 Å². The summed E-state index contributed by atoms with van der Waals surface area (Å²) >= 11 is 0. The monoisotopic (exact) mass is 268 g/mol. The first kappa shape index (κ1) is 13.1. The summed E-state index contributed by atoms with van der Waals surface area (Å²) in [6.07, 6.45) is 1.24. The fraction of sp³-hybridized carbons (Fsp3) is 0.182. The zero-order chi connectivity index (χ0) is 13.8. The molecule has 0 atom stereocenters. The minimum Gasteiger partial charge on any atom is -0.366 e. The molecule has 2 aromatic rings. The molecule has 6 nitrogen and oxygen atoms in total. The molecule has 0 aliphatic rings. The lowest BCUT2D eigenvalue weighted by Crippen LogP contribution is -2.15. The van der Waals surface area contributed by atoms with E-state index in [0.29, 0.717) is 0 Å². The lowest BCUT2D eigenvalue weighted by molar-refractivity contribution is 0.0302. The Kier molecular flexibility index (Phi) is 3.81. The molecule has 0 aliphatic carbocycles. The van der Waals surface area contributed by atoms with Gasteiger partial charge in [-0.25, -0.2) is 18.3 Å². The molecule has 8 heteroatoms. The van der Waals surface area contributed by atoms with E-state index in [9.17, 15) is 13.6 Å². The molecule has 0 unspecified atom stereocenters. The Morgan fingerprint density at radius 2 is 2.11 bits per heavy atom. The average Bonchev–Trinajstić information content (AvgIpc) is 2.83. The molecule has 0 aliphatic heterocycles. The molecule has 1 N–H and O–H groups in total. The van der Waals surface area contributed by atoms with E-state index in [1.54, 1.807) is 0 Å². The first-order valence-electron chi connectivity index (χ1n) is 5.32. The number of hydrogen-bond donors (Lipinski definition) is 1. The highest BCUT2D eigenvalue weighted by Crippen LogP contribution is 2.13. The quantitative estimate of drug-likeness (QED) is 0.834. The number of nitrogens with one attached hydrogen (secondary N) is 1. The van der Waals surface area contributed by atoms with Gasteiger partial charge in [0.15, 0.2) is 5.69 Å². The molecule has 1 heterocycles. The van der Waals surface area contributed by atoms with Crippen molar-refractivity contribution in [2.24, 2.45) is 0 Å². The minimum absolute atomic E-state index is 0.0638. The Labute approximate surface area is 106 Å². The van der Waals surface area contributed by atoms with Crippen LogP contribution in [0.4, 0.5) is 8.78 Å². The number of benzene rings is 1. The van der Waals surface area contributed by atoms with Gasteiger partial charge in [-0.2, -0.15) is 5.48 Å². The van der Waals surface area contributed by atoms with Crippen LogP contribution in [0.2, 0.25) is 0 Å². The standard InChI is InChI=1S/C11H10F2N4O2/c1-14-19-11(18)10-6-17(16-15-10)5-7-8(12)3-2-4-9(7)13/h2-4,6,14H,5H2,1H3. The lowest BCUT2D eigenvalue weighted by Gasteiger charge is -2.03. The van der Waals surface area contributed by atoms with E-state index >= 15 is 0 Å². The van der Waals surface area contributed by atoms with Crippen LogP contribution in [0.5, 0.6) is 0 Å². The molecule has 19 heavy (non-hydrogen) atoms. The Morgan fingerprint density at radius 3 is 2.74 bits per heavy atom. The van der Waals surface area contributed by atoms with Gasteiger partial charge < -0.3 is 4.84 Å². The summed E-state index contributed by atoms with van der Waals surface area (Å²) in [5, 5.41) is 7.15. The van der Waals surface area contributed by atoms with E-state index < -0.39 is 17.6 Å². The van der Waals surface area contributed by atoms with Crippen molar-refractivity contribution >= 4 is 5.97 Å². The number of halogens is 2. The summed E-state index contributed by atoms with van der Waals surface area (Å²) in [6, 6.07) is 3.56. The van der Waals surface area contributed by atoms with Crippen LogP contribution in [0.1, 0.15) is 16.1 Å². The van der Waals surface area contributed by atoms with Gasteiger partial charge in [0.1, 0.15) is 11.6 Å². The third-order valence-electron chi connectivity index (χ3n) is 2.32. The summed E-state index contributed by atoms with van der Waals surface area (Å²) in [5.74, 6) is -2.10. The number of hydroxylamine groups is 1. The van der Waals surface area contributed by atoms with Crippen LogP contribution in [0.3, 0.4) is 0 Å². The topological polar surface area (TPSA) is 69.0 Å². The predicted octanol–water partition coefficient (Wildman–Crippen LogP) is 0.896. The van der Waals surface area contributed by atoms with Gasteiger partial charge in [-0.1, -0.05) is 11.3 Å². The van der Waals surface area contributed by atoms with Crippen LogP contribution < -0.4 is 5.48 Å². The molecule has 100 valence electrons. The number of carbonyl (C=O) groups is 1. The molecule has 1 aromatic heterocycles. The highest BCUT2D eigenvalue weighted by molar-refractivity contribution is 5.86. The van der Waals surface area contributed by atoms with Crippen LogP contribution >= 0.6 is 0 Å². The predicted molar refractivity (Wildman–Crippen MR) is 60.0 cm³/mol. The molecule has 0 spiro atoms. The normalized spacial score (nSPS) is 10.5. The van der Waals surface area contributed by atoms with Crippen LogP contribution in [0.15, 0.2) is 24.4 Å². The Morgan fingerprint density at radius 1 is 1.42 bits per heavy atom. The second kappa shape index (κ2) is 5.53. The van der Waals surface area contributed by atoms with Gasteiger partial charge >= 0.3 is 5.97 Å². The first-order valence-corrected chi connectivity index (χ1v) is 5.32. The minimum atomic E-state index is -0.734. The number of aromatic nitrogens is 3. The maximum Gasteiger partial charge on any atom is 0.379 e. The van der Waals surface area contributed by atoms with Crippen molar-refractivity contribution < 1.29 is 18.4 Å². The highest BCUT2D eigenvalue weighted by atomic mass is 19.1. The maximum atomic E-state index is 13.4. The summed E-state index contributed by atoms with van der Waals surface area (Å²) in [4.78, 5) is 15.8. The second-order valence-corrected chi connectivity index (χ2v) is 3.60. The van der Waals surface area contributed by atoms with Gasteiger partial charge in [0.25, 0.3) is 0 Å². The second-order valence-electron chi connectivity index (χ2n) is 3.60. The largest absolute Gasteiger partial charge is 0.379 e. The van der Waals surface area contributed by atoms with E-state index in [4.69, 9.17) is 0 Å². The number of carbonyl (C=O) groups excluding carboxylic acids is 1. The van der Waals surface area contributed by atoms with Crippen molar-refractivity contribution in [1.82, 2.24) is 20.5 Å². The van der Waals surface area contributed by atoms with Crippen molar-refractivity contribution in [3.05, 3.63) is 47.3 Å². The summed E-state index contributed by atoms with van der Waals surface area (Å²) in [5.41, 5.74) is 1.98. The van der Waals surface area contributed by atoms with Gasteiger partial charge in [0, 0.05) is 12.6 Å². The number of nitrogens with zero attached hydrogens (tertiary/aromatic N) is 3. The third kappa shape index (κ3) is 2.91. The Hall–Kier alpha value is -2.35. The third-order valence-corrected chi connectivity index (χ3v) is 2.32. The zero-order valence-electron chi connectivity index (χ0n) is 9.93. The van der Waals surface area contributed by atoms with Gasteiger partial charge in [0.05, 0.1) is 12.7 Å². The molecule has 0 fully saturated rings.